The number of methoxy groups -OCH3 is 1. The van der Waals surface area contributed by atoms with Crippen LogP contribution in [-0.4, -0.2) is 24.8 Å². The second kappa shape index (κ2) is 7.43. The number of nitrogens with two attached hydrogens (primary N) is 1. The van der Waals surface area contributed by atoms with E-state index in [2.05, 4.69) is 25.1 Å². The van der Waals surface area contributed by atoms with Gasteiger partial charge in [-0.05, 0) is 92.5 Å². The molecule has 5 rings (SSSR count). The molecule has 0 radical (unpaired) electrons. The molecule has 0 bridgehead atoms. The molecule has 1 fully saturated rings. The van der Waals surface area contributed by atoms with Gasteiger partial charge in [-0.25, -0.2) is 4.99 Å². The molecule has 32 heavy (non-hydrogen) atoms. The SMILES string of the molecule is CO[C@H]1CC[C@]2(CC1)Cc1cc(C)c(-c3cc(Cl)cc(C#N)c3)cc1C21N=C(C)C(N)=N1. The highest BCUT2D eigenvalue weighted by Gasteiger charge is 2.60. The highest BCUT2D eigenvalue weighted by Crippen LogP contribution is 2.62. The van der Waals surface area contributed by atoms with Crippen molar-refractivity contribution in [3.8, 4) is 17.2 Å². The lowest BCUT2D eigenvalue weighted by molar-refractivity contribution is -0.000372. The number of nitriles is 1. The van der Waals surface area contributed by atoms with E-state index in [1.165, 1.54) is 5.56 Å². The molecule has 2 aromatic rings. The van der Waals surface area contributed by atoms with Crippen molar-refractivity contribution >= 4 is 23.1 Å². The molecule has 6 heteroatoms. The lowest BCUT2D eigenvalue weighted by Crippen LogP contribution is -2.43. The van der Waals surface area contributed by atoms with Gasteiger partial charge in [-0.1, -0.05) is 17.7 Å². The Morgan fingerprint density at radius 3 is 2.50 bits per heavy atom. The van der Waals surface area contributed by atoms with E-state index in [-0.39, 0.29) is 5.41 Å². The zero-order chi connectivity index (χ0) is 22.7. The number of aryl methyl sites for hydroxylation is 1. The van der Waals surface area contributed by atoms with Crippen LogP contribution >= 0.6 is 11.6 Å². The maximum Gasteiger partial charge on any atom is 0.184 e. The highest BCUT2D eigenvalue weighted by molar-refractivity contribution is 6.41. The number of benzene rings is 2. The molecule has 2 aromatic carbocycles. The number of ether oxygens (including phenoxy) is 1. The van der Waals surface area contributed by atoms with Gasteiger partial charge in [0.05, 0.1) is 23.4 Å². The largest absolute Gasteiger partial charge is 0.382 e. The molecule has 0 aromatic heterocycles. The maximum atomic E-state index is 9.42. The van der Waals surface area contributed by atoms with Crippen molar-refractivity contribution in [2.24, 2.45) is 21.1 Å². The average Bonchev–Trinajstić information content (AvgIpc) is 3.20. The van der Waals surface area contributed by atoms with Gasteiger partial charge in [0.15, 0.2) is 5.66 Å². The first kappa shape index (κ1) is 21.2. The number of nitrogens with zero attached hydrogens (tertiary/aromatic N) is 3. The predicted molar refractivity (Wildman–Crippen MR) is 128 cm³/mol. The van der Waals surface area contributed by atoms with Gasteiger partial charge in [-0.15, -0.1) is 0 Å². The third-order valence-corrected chi connectivity index (χ3v) is 7.86. The quantitative estimate of drug-likeness (QED) is 0.678. The van der Waals surface area contributed by atoms with Crippen molar-refractivity contribution in [1.82, 2.24) is 0 Å². The van der Waals surface area contributed by atoms with Gasteiger partial charge in [0.25, 0.3) is 0 Å². The lowest BCUT2D eigenvalue weighted by atomic mass is 9.65. The Bertz CT molecular complexity index is 1200. The summed E-state index contributed by atoms with van der Waals surface area (Å²) in [4.78, 5) is 10.2. The summed E-state index contributed by atoms with van der Waals surface area (Å²) in [6, 6.07) is 12.2. The van der Waals surface area contributed by atoms with E-state index in [1.807, 2.05) is 19.1 Å². The zero-order valence-electron chi connectivity index (χ0n) is 18.7. The number of hydrogen-bond acceptors (Lipinski definition) is 5. The Balaban J connectivity index is 1.69. The predicted octanol–water partition coefficient (Wildman–Crippen LogP) is 5.30. The van der Waals surface area contributed by atoms with Crippen LogP contribution in [-0.2, 0) is 16.8 Å². The first-order valence-electron chi connectivity index (χ1n) is 11.1. The molecule has 1 heterocycles. The van der Waals surface area contributed by atoms with E-state index in [1.54, 1.807) is 13.2 Å². The molecule has 164 valence electrons. The molecule has 0 saturated heterocycles. The van der Waals surface area contributed by atoms with Gasteiger partial charge in [0.1, 0.15) is 5.84 Å². The minimum absolute atomic E-state index is 0.0933. The van der Waals surface area contributed by atoms with Crippen LogP contribution in [0.25, 0.3) is 11.1 Å². The minimum Gasteiger partial charge on any atom is -0.382 e. The number of hydrogen-bond donors (Lipinski definition) is 1. The zero-order valence-corrected chi connectivity index (χ0v) is 19.5. The van der Waals surface area contributed by atoms with Crippen molar-refractivity contribution in [3.05, 3.63) is 57.6 Å². The highest BCUT2D eigenvalue weighted by atomic mass is 35.5. The topological polar surface area (TPSA) is 83.8 Å². The van der Waals surface area contributed by atoms with E-state index in [0.717, 1.165) is 60.1 Å². The molecule has 2 spiro atoms. The molecule has 5 nitrogen and oxygen atoms in total. The molecular weight excluding hydrogens is 420 g/mol. The first-order chi connectivity index (χ1) is 15.3. The molecule has 2 N–H and O–H groups in total. The first-order valence-corrected chi connectivity index (χ1v) is 11.5. The molecule has 2 aliphatic carbocycles. The van der Waals surface area contributed by atoms with Crippen LogP contribution in [0, 0.1) is 23.7 Å². The fourth-order valence-corrected chi connectivity index (χ4v) is 6.21. The Labute approximate surface area is 194 Å². The van der Waals surface area contributed by atoms with E-state index >= 15 is 0 Å². The standard InChI is InChI=1S/C26H27ClN4O/c1-15-8-19-13-25(6-4-21(32-3)5-7-25)26(30-16(2)24(29)31-26)23(19)12-22(15)18-9-17(14-28)10-20(27)11-18/h8-12,21H,4-7,13H2,1-3H3,(H2,29,31)/t21-,25-,26?. The maximum absolute atomic E-state index is 9.42. The smallest absolute Gasteiger partial charge is 0.184 e. The molecule has 1 aliphatic heterocycles. The number of amidine groups is 1. The summed E-state index contributed by atoms with van der Waals surface area (Å²) < 4.78 is 5.66. The van der Waals surface area contributed by atoms with Gasteiger partial charge in [0.2, 0.25) is 0 Å². The summed E-state index contributed by atoms with van der Waals surface area (Å²) in [6.07, 6.45) is 5.23. The van der Waals surface area contributed by atoms with E-state index in [0.29, 0.717) is 22.5 Å². The van der Waals surface area contributed by atoms with Crippen LogP contribution in [0.5, 0.6) is 0 Å². The van der Waals surface area contributed by atoms with Crippen LogP contribution in [0.4, 0.5) is 0 Å². The fraction of sp³-hybridized carbons (Fsp3) is 0.423. The number of fused-ring (bicyclic) bond motifs is 3. The second-order valence-electron chi connectivity index (χ2n) is 9.42. The van der Waals surface area contributed by atoms with Gasteiger partial charge in [-0.2, -0.15) is 5.26 Å². The van der Waals surface area contributed by atoms with Gasteiger partial charge in [-0.3, -0.25) is 4.99 Å². The van der Waals surface area contributed by atoms with E-state index in [9.17, 15) is 5.26 Å². The summed E-state index contributed by atoms with van der Waals surface area (Å²) in [7, 11) is 1.80. The van der Waals surface area contributed by atoms with Crippen LogP contribution in [0.1, 0.15) is 54.9 Å². The normalized spacial score (nSPS) is 28.5. The van der Waals surface area contributed by atoms with Gasteiger partial charge >= 0.3 is 0 Å². The molecular formula is C26H27ClN4O. The van der Waals surface area contributed by atoms with Crippen molar-refractivity contribution < 1.29 is 4.74 Å². The molecule has 3 aliphatic rings. The third-order valence-electron chi connectivity index (χ3n) is 7.64. The third kappa shape index (κ3) is 3.01. The number of aliphatic imine (C=N–C) groups is 2. The summed E-state index contributed by atoms with van der Waals surface area (Å²) >= 11 is 6.33. The van der Waals surface area contributed by atoms with Crippen molar-refractivity contribution in [2.45, 2.75) is 57.7 Å². The fourth-order valence-electron chi connectivity index (χ4n) is 5.98. The monoisotopic (exact) mass is 446 g/mol. The van der Waals surface area contributed by atoms with Gasteiger partial charge < -0.3 is 10.5 Å². The second-order valence-corrected chi connectivity index (χ2v) is 9.86. The summed E-state index contributed by atoms with van der Waals surface area (Å²) in [5.74, 6) is 0.530. The van der Waals surface area contributed by atoms with Crippen LogP contribution in [0.15, 0.2) is 40.3 Å². The van der Waals surface area contributed by atoms with Crippen molar-refractivity contribution in [3.63, 3.8) is 0 Å². The van der Waals surface area contributed by atoms with Gasteiger partial charge in [0, 0.05) is 23.1 Å². The number of halogens is 1. The molecule has 0 amide bonds. The summed E-state index contributed by atoms with van der Waals surface area (Å²) in [6.45, 7) is 4.06. The molecule has 1 atom stereocenters. The molecule has 1 unspecified atom stereocenters. The Kier molecular flexibility index (Phi) is 4.92. The van der Waals surface area contributed by atoms with Crippen molar-refractivity contribution in [2.75, 3.05) is 7.11 Å². The van der Waals surface area contributed by atoms with Crippen molar-refractivity contribution in [1.29, 1.82) is 5.26 Å². The van der Waals surface area contributed by atoms with Crippen LogP contribution in [0.3, 0.4) is 0 Å². The summed E-state index contributed by atoms with van der Waals surface area (Å²) in [5, 5.41) is 9.98. The van der Waals surface area contributed by atoms with E-state index < -0.39 is 5.66 Å². The minimum atomic E-state index is -0.686. The Hall–Kier alpha value is -2.68. The Morgan fingerprint density at radius 1 is 1.12 bits per heavy atom. The van der Waals surface area contributed by atoms with Crippen LogP contribution in [0.2, 0.25) is 5.02 Å². The number of rotatable bonds is 2. The Morgan fingerprint density at radius 2 is 1.88 bits per heavy atom. The van der Waals surface area contributed by atoms with Crippen LogP contribution < -0.4 is 5.73 Å². The summed E-state index contributed by atoms with van der Waals surface area (Å²) in [5.41, 5.74) is 12.5. The molecule has 1 saturated carbocycles. The average molecular weight is 447 g/mol. The van der Waals surface area contributed by atoms with E-state index in [4.69, 9.17) is 32.1 Å². The lowest BCUT2D eigenvalue weighted by Gasteiger charge is -2.44.